The molecule has 10 heteroatoms. The highest BCUT2D eigenvalue weighted by Crippen LogP contribution is 2.30. The van der Waals surface area contributed by atoms with Crippen LogP contribution < -0.4 is 10.6 Å². The van der Waals surface area contributed by atoms with Gasteiger partial charge in [-0.15, -0.1) is 11.3 Å². The highest BCUT2D eigenvalue weighted by Gasteiger charge is 2.39. The first kappa shape index (κ1) is 18.9. The van der Waals surface area contributed by atoms with Crippen molar-refractivity contribution in [3.05, 3.63) is 35.5 Å². The normalized spacial score (nSPS) is 23.6. The van der Waals surface area contributed by atoms with Crippen LogP contribution in [-0.4, -0.2) is 53.6 Å². The summed E-state index contributed by atoms with van der Waals surface area (Å²) in [7, 11) is 0. The van der Waals surface area contributed by atoms with Crippen molar-refractivity contribution in [2.45, 2.75) is 18.6 Å². The van der Waals surface area contributed by atoms with Crippen LogP contribution in [0.15, 0.2) is 30.5 Å². The Morgan fingerprint density at radius 1 is 1.18 bits per heavy atom. The minimum atomic E-state index is -4.94. The molecule has 2 N–H and O–H groups in total. The Morgan fingerprint density at radius 3 is 2.54 bits per heavy atom. The van der Waals surface area contributed by atoms with Gasteiger partial charge in [0, 0.05) is 31.0 Å². The number of hydrogen-bond donors (Lipinski definition) is 2. The molecule has 2 aliphatic rings. The molecule has 2 aromatic rings. The molecule has 2 bridgehead atoms. The number of anilines is 1. The molecule has 3 heterocycles. The first-order valence-corrected chi connectivity index (χ1v) is 9.59. The van der Waals surface area contributed by atoms with E-state index in [0.29, 0.717) is 16.5 Å². The second-order valence-corrected chi connectivity index (χ2v) is 7.98. The largest absolute Gasteiger partial charge is 0.471 e. The lowest BCUT2D eigenvalue weighted by molar-refractivity contribution is -0.167. The van der Waals surface area contributed by atoms with E-state index in [9.17, 15) is 22.8 Å². The van der Waals surface area contributed by atoms with Gasteiger partial charge < -0.3 is 15.5 Å². The number of amides is 2. The maximum Gasteiger partial charge on any atom is 0.471 e. The fourth-order valence-electron chi connectivity index (χ4n) is 3.61. The summed E-state index contributed by atoms with van der Waals surface area (Å²) in [5.41, 5.74) is 0.743. The predicted octanol–water partition coefficient (Wildman–Crippen LogP) is 2.74. The molecular formula is C18H17F3N4O2S. The van der Waals surface area contributed by atoms with Gasteiger partial charge in [-0.05, 0) is 36.6 Å². The fraction of sp³-hybridized carbons (Fsp3) is 0.389. The molecule has 2 fully saturated rings. The van der Waals surface area contributed by atoms with Gasteiger partial charge >= 0.3 is 12.1 Å². The van der Waals surface area contributed by atoms with E-state index in [-0.39, 0.29) is 17.6 Å². The molecule has 148 valence electrons. The lowest BCUT2D eigenvalue weighted by atomic mass is 10.0. The molecule has 0 radical (unpaired) electrons. The summed E-state index contributed by atoms with van der Waals surface area (Å²) in [5.74, 6) is -1.72. The zero-order chi connectivity index (χ0) is 19.9. The lowest BCUT2D eigenvalue weighted by Gasteiger charge is -2.22. The van der Waals surface area contributed by atoms with Crippen molar-refractivity contribution in [3.8, 4) is 10.4 Å². The molecule has 0 saturated carbocycles. The van der Waals surface area contributed by atoms with Crippen LogP contribution in [0.1, 0.15) is 16.2 Å². The third-order valence-electron chi connectivity index (χ3n) is 5.03. The topological polar surface area (TPSA) is 74.3 Å². The summed E-state index contributed by atoms with van der Waals surface area (Å²) in [4.78, 5) is 30.6. The number of halogens is 3. The van der Waals surface area contributed by atoms with Crippen molar-refractivity contribution in [2.24, 2.45) is 5.92 Å². The first-order chi connectivity index (χ1) is 13.3. The number of benzene rings is 1. The summed E-state index contributed by atoms with van der Waals surface area (Å²) in [5, 5.41) is 5.19. The van der Waals surface area contributed by atoms with Gasteiger partial charge in [0.25, 0.3) is 5.91 Å². The first-order valence-electron chi connectivity index (χ1n) is 8.77. The number of fused-ring (bicyclic) bond motifs is 2. The molecule has 4 rings (SSSR count). The number of nitrogens with zero attached hydrogens (tertiary/aromatic N) is 2. The smallest absolute Gasteiger partial charge is 0.346 e. The van der Waals surface area contributed by atoms with Crippen LogP contribution >= 0.6 is 11.3 Å². The highest BCUT2D eigenvalue weighted by atomic mass is 32.1. The van der Waals surface area contributed by atoms with Crippen LogP contribution in [0.2, 0.25) is 0 Å². The molecule has 28 heavy (non-hydrogen) atoms. The van der Waals surface area contributed by atoms with Gasteiger partial charge in [0.1, 0.15) is 0 Å². The minimum Gasteiger partial charge on any atom is -0.346 e. The lowest BCUT2D eigenvalue weighted by Crippen LogP contribution is -2.43. The van der Waals surface area contributed by atoms with E-state index >= 15 is 0 Å². The summed E-state index contributed by atoms with van der Waals surface area (Å²) in [6.45, 7) is 3.00. The van der Waals surface area contributed by atoms with E-state index in [2.05, 4.69) is 15.2 Å². The molecule has 6 nitrogen and oxygen atoms in total. The van der Waals surface area contributed by atoms with E-state index < -0.39 is 12.1 Å². The van der Waals surface area contributed by atoms with Crippen LogP contribution in [0, 0.1) is 5.92 Å². The van der Waals surface area contributed by atoms with Crippen LogP contribution in [0.3, 0.4) is 0 Å². The van der Waals surface area contributed by atoms with E-state index in [0.717, 1.165) is 30.9 Å². The molecule has 2 aliphatic heterocycles. The Labute approximate surface area is 162 Å². The number of aromatic nitrogens is 1. The highest BCUT2D eigenvalue weighted by molar-refractivity contribution is 7.17. The van der Waals surface area contributed by atoms with Gasteiger partial charge in [-0.2, -0.15) is 13.2 Å². The van der Waals surface area contributed by atoms with Crippen LogP contribution in [0.5, 0.6) is 0 Å². The number of nitrogens with one attached hydrogen (secondary N) is 2. The summed E-state index contributed by atoms with van der Waals surface area (Å²) >= 11 is 1.22. The van der Waals surface area contributed by atoms with E-state index in [1.807, 2.05) is 0 Å². The average Bonchev–Trinajstić information content (AvgIpc) is 3.38. The van der Waals surface area contributed by atoms with Crippen molar-refractivity contribution >= 4 is 28.8 Å². The standard InChI is InChI=1S/C18H17F3N4O2S/c19-18(20,21)17(27)23-12-3-1-10(2-4-12)14-7-22-16(28-14)15(26)24-13-9-25-6-5-11(13)8-25/h1-4,7,11,13H,5-6,8-9H2,(H,23,27)(H,24,26)/t11-,13?/m0/s1. The van der Waals surface area contributed by atoms with Crippen molar-refractivity contribution in [1.29, 1.82) is 0 Å². The molecule has 1 aromatic carbocycles. The quantitative estimate of drug-likeness (QED) is 0.813. The summed E-state index contributed by atoms with van der Waals surface area (Å²) < 4.78 is 36.9. The molecule has 0 aliphatic carbocycles. The Balaban J connectivity index is 1.39. The average molecular weight is 410 g/mol. The van der Waals surface area contributed by atoms with Crippen molar-refractivity contribution < 1.29 is 22.8 Å². The molecular weight excluding hydrogens is 393 g/mol. The number of alkyl halides is 3. The van der Waals surface area contributed by atoms with Crippen LogP contribution in [0.25, 0.3) is 10.4 Å². The van der Waals surface area contributed by atoms with Gasteiger partial charge in [-0.1, -0.05) is 12.1 Å². The van der Waals surface area contributed by atoms with Crippen LogP contribution in [0.4, 0.5) is 18.9 Å². The Kier molecular flexibility index (Phi) is 4.84. The van der Waals surface area contributed by atoms with Crippen molar-refractivity contribution in [1.82, 2.24) is 15.2 Å². The number of rotatable bonds is 4. The van der Waals surface area contributed by atoms with Gasteiger partial charge in [0.05, 0.1) is 4.88 Å². The van der Waals surface area contributed by atoms with E-state index in [4.69, 9.17) is 0 Å². The van der Waals surface area contributed by atoms with Gasteiger partial charge in [-0.25, -0.2) is 4.98 Å². The summed E-state index contributed by atoms with van der Waals surface area (Å²) in [6.07, 6.45) is -2.27. The second kappa shape index (κ2) is 7.17. The molecule has 3 atom stereocenters. The van der Waals surface area contributed by atoms with Gasteiger partial charge in [-0.3, -0.25) is 9.59 Å². The molecule has 0 spiro atoms. The van der Waals surface area contributed by atoms with Gasteiger partial charge in [0.15, 0.2) is 5.01 Å². The van der Waals surface area contributed by atoms with Crippen molar-refractivity contribution in [3.63, 3.8) is 0 Å². The zero-order valence-electron chi connectivity index (χ0n) is 14.6. The zero-order valence-corrected chi connectivity index (χ0v) is 15.4. The maximum atomic E-state index is 12.5. The fourth-order valence-corrected chi connectivity index (χ4v) is 4.43. The number of carbonyl (C=O) groups excluding carboxylic acids is 2. The molecule has 1 aromatic heterocycles. The van der Waals surface area contributed by atoms with Crippen molar-refractivity contribution in [2.75, 3.05) is 25.0 Å². The van der Waals surface area contributed by atoms with E-state index in [1.54, 1.807) is 23.6 Å². The SMILES string of the molecule is O=C(NC1CN2CC[C@H]1C2)c1ncc(-c2ccc(NC(=O)C(F)(F)F)cc2)s1. The molecule has 2 saturated heterocycles. The molecule has 2 unspecified atom stereocenters. The summed E-state index contributed by atoms with van der Waals surface area (Å²) in [6, 6.07) is 6.06. The second-order valence-electron chi connectivity index (χ2n) is 6.95. The maximum absolute atomic E-state index is 12.5. The molecule has 2 amide bonds. The van der Waals surface area contributed by atoms with E-state index in [1.165, 1.54) is 23.5 Å². The third kappa shape index (κ3) is 3.88. The Hall–Kier alpha value is -2.46. The number of piperidine rings is 1. The Morgan fingerprint density at radius 2 is 1.93 bits per heavy atom. The number of hydrogen-bond acceptors (Lipinski definition) is 5. The number of carbonyl (C=O) groups is 2. The monoisotopic (exact) mass is 410 g/mol. The third-order valence-corrected chi connectivity index (χ3v) is 6.08. The Bertz CT molecular complexity index is 897. The number of thiazole rings is 1. The minimum absolute atomic E-state index is 0.0415. The van der Waals surface area contributed by atoms with Gasteiger partial charge in [0.2, 0.25) is 0 Å². The van der Waals surface area contributed by atoms with Crippen LogP contribution in [-0.2, 0) is 4.79 Å². The predicted molar refractivity (Wildman–Crippen MR) is 98.0 cm³/mol.